The summed E-state index contributed by atoms with van der Waals surface area (Å²) < 4.78 is 25.5. The fourth-order valence-corrected chi connectivity index (χ4v) is 5.19. The molecule has 2 aliphatic rings. The van der Waals surface area contributed by atoms with Gasteiger partial charge in [-0.3, -0.25) is 4.79 Å². The molecular formula is C27H24FN3O4. The molecule has 2 N–H and O–H groups in total. The fourth-order valence-electron chi connectivity index (χ4n) is 5.19. The first kappa shape index (κ1) is 21.7. The predicted octanol–water partition coefficient (Wildman–Crippen LogP) is 5.55. The maximum absolute atomic E-state index is 15.0. The largest absolute Gasteiger partial charge is 0.481 e. The van der Waals surface area contributed by atoms with Gasteiger partial charge in [0.05, 0.1) is 24.0 Å². The number of carbonyl (C=O) groups is 1. The van der Waals surface area contributed by atoms with E-state index in [1.165, 1.54) is 17.2 Å². The quantitative estimate of drug-likeness (QED) is 0.378. The minimum Gasteiger partial charge on any atom is -0.481 e. The number of benzene rings is 2. The molecule has 178 valence electrons. The average molecular weight is 474 g/mol. The molecule has 0 radical (unpaired) electrons. The number of furan rings is 1. The Morgan fingerprint density at radius 1 is 1.14 bits per heavy atom. The summed E-state index contributed by atoms with van der Waals surface area (Å²) >= 11 is 0. The smallest absolute Gasteiger partial charge is 0.306 e. The van der Waals surface area contributed by atoms with Crippen LogP contribution in [-0.2, 0) is 11.2 Å². The van der Waals surface area contributed by atoms with Gasteiger partial charge in [-0.05, 0) is 79.1 Å². The van der Waals surface area contributed by atoms with Crippen LogP contribution >= 0.6 is 0 Å². The van der Waals surface area contributed by atoms with Crippen molar-refractivity contribution in [3.05, 3.63) is 71.4 Å². The average Bonchev–Trinajstić information content (AvgIpc) is 3.57. The number of aryl methyl sites for hydroxylation is 2. The van der Waals surface area contributed by atoms with Crippen LogP contribution in [0.5, 0.6) is 0 Å². The molecular weight excluding hydrogens is 449 g/mol. The number of nitrogens with one attached hydrogen (secondary N) is 1. The van der Waals surface area contributed by atoms with Crippen molar-refractivity contribution in [3.63, 3.8) is 0 Å². The van der Waals surface area contributed by atoms with Gasteiger partial charge in [-0.2, -0.15) is 4.98 Å². The predicted molar refractivity (Wildman–Crippen MR) is 126 cm³/mol. The van der Waals surface area contributed by atoms with Crippen LogP contribution in [0.25, 0.3) is 34.0 Å². The number of rotatable bonds is 6. The van der Waals surface area contributed by atoms with E-state index in [1.807, 2.05) is 13.0 Å². The van der Waals surface area contributed by atoms with Crippen molar-refractivity contribution in [2.24, 2.45) is 5.92 Å². The van der Waals surface area contributed by atoms with E-state index in [0.717, 1.165) is 35.1 Å². The first-order chi connectivity index (χ1) is 17.0. The van der Waals surface area contributed by atoms with Crippen molar-refractivity contribution in [2.75, 3.05) is 0 Å². The Balaban J connectivity index is 1.21. The molecule has 0 amide bonds. The Kier molecular flexibility index (Phi) is 5.25. The van der Waals surface area contributed by atoms with Crippen LogP contribution < -0.4 is 5.32 Å². The van der Waals surface area contributed by atoms with E-state index in [4.69, 9.17) is 14.0 Å². The van der Waals surface area contributed by atoms with Crippen LogP contribution in [0.1, 0.15) is 42.0 Å². The molecule has 2 aliphatic carbocycles. The molecule has 35 heavy (non-hydrogen) atoms. The Hall–Kier alpha value is -3.78. The highest BCUT2D eigenvalue weighted by Gasteiger charge is 2.36. The van der Waals surface area contributed by atoms with Crippen molar-refractivity contribution in [3.8, 4) is 34.0 Å². The van der Waals surface area contributed by atoms with Gasteiger partial charge < -0.3 is 19.4 Å². The molecule has 4 aromatic rings. The van der Waals surface area contributed by atoms with Crippen LogP contribution in [0, 0.1) is 18.7 Å². The lowest BCUT2D eigenvalue weighted by atomic mass is 9.80. The van der Waals surface area contributed by atoms with E-state index in [9.17, 15) is 9.18 Å². The summed E-state index contributed by atoms with van der Waals surface area (Å²) in [5, 5.41) is 16.8. The molecule has 2 aromatic carbocycles. The van der Waals surface area contributed by atoms with E-state index in [-0.39, 0.29) is 29.5 Å². The second-order valence-corrected chi connectivity index (χ2v) is 9.46. The van der Waals surface area contributed by atoms with Crippen molar-refractivity contribution < 1.29 is 23.2 Å². The van der Waals surface area contributed by atoms with Gasteiger partial charge >= 0.3 is 5.97 Å². The fraction of sp³-hybridized carbons (Fsp3) is 0.296. The maximum Gasteiger partial charge on any atom is 0.306 e. The first-order valence-electron chi connectivity index (χ1n) is 11.7. The number of nitrogens with zero attached hydrogens (tertiary/aromatic N) is 2. The molecule has 0 spiro atoms. The normalized spacial score (nSPS) is 21.0. The van der Waals surface area contributed by atoms with E-state index in [2.05, 4.69) is 27.6 Å². The number of carboxylic acid groups (broad SMARTS) is 1. The van der Waals surface area contributed by atoms with Gasteiger partial charge in [0.15, 0.2) is 0 Å². The monoisotopic (exact) mass is 473 g/mol. The lowest BCUT2D eigenvalue weighted by Crippen LogP contribution is -2.45. The third kappa shape index (κ3) is 3.93. The molecule has 0 aliphatic heterocycles. The number of aromatic nitrogens is 2. The zero-order chi connectivity index (χ0) is 24.1. The third-order valence-corrected chi connectivity index (χ3v) is 7.21. The van der Waals surface area contributed by atoms with E-state index in [1.54, 1.807) is 24.7 Å². The van der Waals surface area contributed by atoms with Crippen molar-refractivity contribution in [1.82, 2.24) is 15.5 Å². The van der Waals surface area contributed by atoms with Gasteiger partial charge in [0.1, 0.15) is 5.82 Å². The summed E-state index contributed by atoms with van der Waals surface area (Å²) in [6.45, 7) is 1.90. The Labute approximate surface area is 201 Å². The lowest BCUT2D eigenvalue weighted by Gasteiger charge is -2.35. The minimum atomic E-state index is -0.706. The van der Waals surface area contributed by atoms with Gasteiger partial charge in [-0.1, -0.05) is 17.3 Å². The first-order valence-corrected chi connectivity index (χ1v) is 11.7. The molecule has 1 fully saturated rings. The summed E-state index contributed by atoms with van der Waals surface area (Å²) in [6.07, 6.45) is 6.40. The summed E-state index contributed by atoms with van der Waals surface area (Å²) in [7, 11) is 0. The number of hydrogen-bond donors (Lipinski definition) is 2. The topological polar surface area (TPSA) is 101 Å². The molecule has 0 bridgehead atoms. The molecule has 6 rings (SSSR count). The van der Waals surface area contributed by atoms with Crippen molar-refractivity contribution >= 4 is 5.97 Å². The summed E-state index contributed by atoms with van der Waals surface area (Å²) in [5.74, 6) is -0.816. The number of aliphatic carboxylic acids is 1. The SMILES string of the molecule is Cc1cc(-c2nc(-c3ccc4c(c3)CCC4NC3CC(C(=O)O)C3)no2)c(F)cc1-c1ccoc1. The van der Waals surface area contributed by atoms with Gasteiger partial charge in [-0.25, -0.2) is 4.39 Å². The third-order valence-electron chi connectivity index (χ3n) is 7.21. The molecule has 1 unspecified atom stereocenters. The highest BCUT2D eigenvalue weighted by atomic mass is 19.1. The van der Waals surface area contributed by atoms with Crippen LogP contribution in [0.4, 0.5) is 4.39 Å². The van der Waals surface area contributed by atoms with Crippen LogP contribution in [-0.4, -0.2) is 27.3 Å². The van der Waals surface area contributed by atoms with Crippen LogP contribution in [0.15, 0.2) is 57.9 Å². The maximum atomic E-state index is 15.0. The van der Waals surface area contributed by atoms with Gasteiger partial charge in [0, 0.05) is 23.2 Å². The molecule has 1 atom stereocenters. The highest BCUT2D eigenvalue weighted by molar-refractivity contribution is 5.72. The molecule has 8 heteroatoms. The summed E-state index contributed by atoms with van der Waals surface area (Å²) in [6, 6.07) is 11.5. The Bertz CT molecular complexity index is 1410. The van der Waals surface area contributed by atoms with Crippen molar-refractivity contribution in [2.45, 2.75) is 44.7 Å². The number of hydrogen-bond acceptors (Lipinski definition) is 6. The zero-order valence-electron chi connectivity index (χ0n) is 19.1. The van der Waals surface area contributed by atoms with E-state index >= 15 is 0 Å². The van der Waals surface area contributed by atoms with Crippen molar-refractivity contribution in [1.29, 1.82) is 0 Å². The van der Waals surface area contributed by atoms with Gasteiger partial charge in [0.2, 0.25) is 5.82 Å². The van der Waals surface area contributed by atoms with Gasteiger partial charge in [0.25, 0.3) is 5.89 Å². The van der Waals surface area contributed by atoms with Crippen LogP contribution in [0.2, 0.25) is 0 Å². The number of carboxylic acids is 1. The van der Waals surface area contributed by atoms with Gasteiger partial charge in [-0.15, -0.1) is 0 Å². The minimum absolute atomic E-state index is 0.136. The Morgan fingerprint density at radius 3 is 2.77 bits per heavy atom. The number of fused-ring (bicyclic) bond motifs is 1. The molecule has 0 saturated heterocycles. The summed E-state index contributed by atoms with van der Waals surface area (Å²) in [5.41, 5.74) is 5.96. The highest BCUT2D eigenvalue weighted by Crippen LogP contribution is 2.38. The van der Waals surface area contributed by atoms with E-state index in [0.29, 0.717) is 18.7 Å². The van der Waals surface area contributed by atoms with E-state index < -0.39 is 11.8 Å². The number of halogens is 1. The molecule has 2 heterocycles. The lowest BCUT2D eigenvalue weighted by molar-refractivity contribution is -0.145. The Morgan fingerprint density at radius 2 is 2.00 bits per heavy atom. The zero-order valence-corrected chi connectivity index (χ0v) is 19.1. The van der Waals surface area contributed by atoms with Crippen LogP contribution in [0.3, 0.4) is 0 Å². The summed E-state index contributed by atoms with van der Waals surface area (Å²) in [4.78, 5) is 15.5. The molecule has 1 saturated carbocycles. The second kappa shape index (κ2) is 8.46. The second-order valence-electron chi connectivity index (χ2n) is 9.46. The molecule has 7 nitrogen and oxygen atoms in total. The standard InChI is InChI=1S/C27H24FN3O4/c1-14-8-22(23(28)12-21(14)17-6-7-34-13-17)26-30-25(31-35-26)16-2-4-20-15(9-16)3-5-24(20)29-19-10-18(11-19)27(32)33/h2,4,6-9,12-13,18-19,24,29H,3,5,10-11H2,1H3,(H,32,33). The molecule has 2 aromatic heterocycles.